The van der Waals surface area contributed by atoms with Crippen LogP contribution in [0.1, 0.15) is 0 Å². The van der Waals surface area contributed by atoms with E-state index in [1.54, 1.807) is 0 Å². The smallest absolute Gasteiger partial charge is 0.284 e. The van der Waals surface area contributed by atoms with Crippen molar-refractivity contribution in [1.82, 2.24) is 0 Å². The number of esters is 2. The molecule has 91 valence electrons. The van der Waals surface area contributed by atoms with Crippen LogP contribution in [0.3, 0.4) is 0 Å². The van der Waals surface area contributed by atoms with Crippen molar-refractivity contribution in [1.29, 1.82) is 0 Å². The summed E-state index contributed by atoms with van der Waals surface area (Å²) in [5.41, 5.74) is 12.7. The molecular weight excluding hydrogens is 263 g/mol. The predicted octanol–water partition coefficient (Wildman–Crippen LogP) is -2.58. The molecule has 0 rings (SSSR count). The van der Waals surface area contributed by atoms with Gasteiger partial charge in [-0.2, -0.15) is 0 Å². The van der Waals surface area contributed by atoms with E-state index in [0.717, 1.165) is 0 Å². The summed E-state index contributed by atoms with van der Waals surface area (Å²) in [5.74, 6) is -0.981. The first-order valence-corrected chi connectivity index (χ1v) is 3.05. The van der Waals surface area contributed by atoms with Crippen LogP contribution in [-0.2, 0) is 36.1 Å². The third-order valence-corrected chi connectivity index (χ3v) is 0.744. The topological polar surface area (TPSA) is 100 Å². The van der Waals surface area contributed by atoms with Crippen molar-refractivity contribution in [3.63, 3.8) is 0 Å². The number of rotatable bonds is 2. The van der Waals surface area contributed by atoms with Gasteiger partial charge in [0.2, 0.25) is 0 Å². The Labute approximate surface area is 99.5 Å². The standard InChI is InChI=1S/2C3H6NO2.ClH.Cu/c2*1-6-3(5)2-4;;/h2*4H,2H2,1H3;1H;/q2*-1;;/p-1. The number of carbonyl (C=O) groups is 2. The van der Waals surface area contributed by atoms with Gasteiger partial charge in [0, 0.05) is 17.1 Å². The molecule has 0 atom stereocenters. The third kappa shape index (κ3) is 22.6. The molecule has 2 N–H and O–H groups in total. The van der Waals surface area contributed by atoms with E-state index >= 15 is 0 Å². The van der Waals surface area contributed by atoms with Crippen LogP contribution in [-0.4, -0.2) is 39.2 Å². The zero-order chi connectivity index (χ0) is 9.98. The van der Waals surface area contributed by atoms with Crippen LogP contribution in [0.2, 0.25) is 0 Å². The average molecular weight is 275 g/mol. The Morgan fingerprint density at radius 2 is 1.21 bits per heavy atom. The molecule has 0 unspecified atom stereocenters. The molecule has 8 heteroatoms. The number of halogens is 1. The van der Waals surface area contributed by atoms with Crippen molar-refractivity contribution in [2.45, 2.75) is 0 Å². The molecule has 14 heavy (non-hydrogen) atoms. The summed E-state index contributed by atoms with van der Waals surface area (Å²) >= 11 is 0. The fourth-order valence-corrected chi connectivity index (χ4v) is 0.144. The van der Waals surface area contributed by atoms with Crippen molar-refractivity contribution >= 4 is 11.9 Å². The molecule has 0 amide bonds. The molecule has 0 bridgehead atoms. The Bertz CT molecular complexity index is 120. The van der Waals surface area contributed by atoms with Gasteiger partial charge < -0.3 is 33.3 Å². The zero-order valence-electron chi connectivity index (χ0n) is 7.73. The Morgan fingerprint density at radius 1 is 1.00 bits per heavy atom. The summed E-state index contributed by atoms with van der Waals surface area (Å²) in [6, 6.07) is 0. The molecule has 6 nitrogen and oxygen atoms in total. The molecule has 0 aromatic rings. The first-order valence-electron chi connectivity index (χ1n) is 3.05. The Hall–Kier alpha value is -0.331. The van der Waals surface area contributed by atoms with E-state index in [9.17, 15) is 9.59 Å². The molecule has 0 fully saturated rings. The van der Waals surface area contributed by atoms with Gasteiger partial charge in [0.1, 0.15) is 0 Å². The van der Waals surface area contributed by atoms with Gasteiger partial charge in [0.15, 0.2) is 0 Å². The summed E-state index contributed by atoms with van der Waals surface area (Å²) < 4.78 is 8.15. The fraction of sp³-hybridized carbons (Fsp3) is 0.667. The summed E-state index contributed by atoms with van der Waals surface area (Å²) in [7, 11) is 2.52. The van der Waals surface area contributed by atoms with Gasteiger partial charge in [0.05, 0.1) is 14.2 Å². The van der Waals surface area contributed by atoms with Crippen LogP contribution >= 0.6 is 0 Å². The monoisotopic (exact) mass is 274 g/mol. The Morgan fingerprint density at radius 3 is 1.21 bits per heavy atom. The van der Waals surface area contributed by atoms with E-state index in [1.165, 1.54) is 14.2 Å². The van der Waals surface area contributed by atoms with Gasteiger partial charge >= 0.3 is 0 Å². The maximum absolute atomic E-state index is 9.77. The second kappa shape index (κ2) is 18.5. The largest absolute Gasteiger partial charge is 1.00 e. The normalized spacial score (nSPS) is 6.57. The van der Waals surface area contributed by atoms with Gasteiger partial charge in [-0.25, -0.2) is 0 Å². The first kappa shape index (κ1) is 23.5. The predicted molar refractivity (Wildman–Crippen MR) is 42.4 cm³/mol. The Kier molecular flexibility index (Phi) is 30.9. The number of nitrogens with one attached hydrogen (secondary N) is 2. The first-order chi connectivity index (χ1) is 5.62. The number of hydrogen-bond donors (Lipinski definition) is 0. The Balaban J connectivity index is -0.0000000625. The van der Waals surface area contributed by atoms with Gasteiger partial charge in [0.25, 0.3) is 11.9 Å². The number of carbonyl (C=O) groups excluding carboxylic acids is 2. The van der Waals surface area contributed by atoms with E-state index in [-0.39, 0.29) is 42.6 Å². The van der Waals surface area contributed by atoms with E-state index in [4.69, 9.17) is 11.5 Å². The van der Waals surface area contributed by atoms with Crippen molar-refractivity contribution in [3.8, 4) is 0 Å². The quantitative estimate of drug-likeness (QED) is 0.408. The number of methoxy groups -OCH3 is 2. The van der Waals surface area contributed by atoms with Crippen molar-refractivity contribution < 1.29 is 48.5 Å². The van der Waals surface area contributed by atoms with Crippen molar-refractivity contribution in [3.05, 3.63) is 11.5 Å². The maximum Gasteiger partial charge on any atom is 0.284 e. The second-order valence-electron chi connectivity index (χ2n) is 1.51. The molecule has 0 aliphatic rings. The molecule has 0 spiro atoms. The molecular formula is C6H12ClCuN2O4-3. The molecule has 0 saturated carbocycles. The van der Waals surface area contributed by atoms with E-state index in [1.807, 2.05) is 0 Å². The summed E-state index contributed by atoms with van der Waals surface area (Å²) in [6.45, 7) is -0.562. The van der Waals surface area contributed by atoms with Crippen LogP contribution in [0.25, 0.3) is 11.5 Å². The molecule has 0 aliphatic carbocycles. The van der Waals surface area contributed by atoms with Gasteiger partial charge in [-0.3, -0.25) is 9.59 Å². The zero-order valence-corrected chi connectivity index (χ0v) is 9.42. The van der Waals surface area contributed by atoms with Crippen LogP contribution in [0.15, 0.2) is 0 Å². The summed E-state index contributed by atoms with van der Waals surface area (Å²) in [6.07, 6.45) is 0. The minimum absolute atomic E-state index is 0. The molecule has 0 aromatic carbocycles. The van der Waals surface area contributed by atoms with Gasteiger partial charge in [-0.05, 0) is 13.1 Å². The van der Waals surface area contributed by atoms with Crippen LogP contribution < -0.4 is 12.4 Å². The molecule has 0 aromatic heterocycles. The van der Waals surface area contributed by atoms with Crippen LogP contribution in [0.5, 0.6) is 0 Å². The SMILES string of the molecule is COC(=O)C[NH-].COC(=O)C[NH-].[Cl-].[Cu]. The third-order valence-electron chi connectivity index (χ3n) is 0.744. The maximum atomic E-state index is 9.77. The second-order valence-corrected chi connectivity index (χ2v) is 1.51. The van der Waals surface area contributed by atoms with Crippen LogP contribution in [0.4, 0.5) is 0 Å². The van der Waals surface area contributed by atoms with Crippen molar-refractivity contribution in [2.75, 3.05) is 27.3 Å². The van der Waals surface area contributed by atoms with E-state index in [0.29, 0.717) is 0 Å². The average Bonchev–Trinajstić information content (AvgIpc) is 2.16. The molecule has 0 aliphatic heterocycles. The minimum Gasteiger partial charge on any atom is -1.00 e. The van der Waals surface area contributed by atoms with Crippen molar-refractivity contribution in [2.24, 2.45) is 0 Å². The number of hydrogen-bond acceptors (Lipinski definition) is 4. The number of ether oxygens (including phenoxy) is 2. The molecule has 0 heterocycles. The summed E-state index contributed by atoms with van der Waals surface area (Å²) in [4.78, 5) is 19.5. The van der Waals surface area contributed by atoms with Gasteiger partial charge in [-0.15, -0.1) is 0 Å². The van der Waals surface area contributed by atoms with Gasteiger partial charge in [-0.1, -0.05) is 0 Å². The van der Waals surface area contributed by atoms with E-state index < -0.39 is 11.9 Å². The molecule has 1 radical (unpaired) electrons. The summed E-state index contributed by atoms with van der Waals surface area (Å²) in [5, 5.41) is 0. The molecule has 0 saturated heterocycles. The fourth-order valence-electron chi connectivity index (χ4n) is 0.144. The van der Waals surface area contributed by atoms with E-state index in [2.05, 4.69) is 9.47 Å². The minimum atomic E-state index is -0.491. The van der Waals surface area contributed by atoms with Crippen LogP contribution in [0, 0.1) is 0 Å².